The minimum absolute atomic E-state index is 0.0433. The number of nitrogens with zero attached hydrogens (tertiary/aromatic N) is 1. The molecular weight excluding hydrogens is 546 g/mol. The third kappa shape index (κ3) is 7.81. The van der Waals surface area contributed by atoms with Gasteiger partial charge in [-0.05, 0) is 86.9 Å². The Kier molecular flexibility index (Phi) is 10.0. The normalized spacial score (nSPS) is 21.4. The maximum atomic E-state index is 13.9. The minimum atomic E-state index is -3.27. The van der Waals surface area contributed by atoms with Gasteiger partial charge in [0.25, 0.3) is 5.91 Å². The first-order chi connectivity index (χ1) is 20.3. The van der Waals surface area contributed by atoms with Crippen LogP contribution in [-0.4, -0.2) is 48.6 Å². The van der Waals surface area contributed by atoms with E-state index in [-0.39, 0.29) is 40.6 Å². The fraction of sp³-hybridized carbons (Fsp3) is 0.588. The summed E-state index contributed by atoms with van der Waals surface area (Å²) in [5.74, 6) is -0.0732. The van der Waals surface area contributed by atoms with Crippen molar-refractivity contribution in [1.29, 1.82) is 0 Å². The first kappa shape index (κ1) is 30.7. The maximum Gasteiger partial charge on any atom is 0.255 e. The summed E-state index contributed by atoms with van der Waals surface area (Å²) >= 11 is 0. The van der Waals surface area contributed by atoms with Gasteiger partial charge in [0.15, 0.2) is 9.84 Å². The lowest BCUT2D eigenvalue weighted by molar-refractivity contribution is -0.115. The van der Waals surface area contributed by atoms with E-state index in [9.17, 15) is 18.0 Å². The molecule has 2 N–H and O–H groups in total. The number of anilines is 1. The second-order valence-electron chi connectivity index (χ2n) is 12.6. The number of rotatable bonds is 8. The number of nitrogens with one attached hydrogen (secondary N) is 2. The number of hydrogen-bond acceptors (Lipinski definition) is 5. The Morgan fingerprint density at radius 1 is 0.833 bits per heavy atom. The van der Waals surface area contributed by atoms with Gasteiger partial charge >= 0.3 is 0 Å². The minimum Gasteiger partial charge on any atom is -0.326 e. The number of sulfone groups is 1. The van der Waals surface area contributed by atoms with Crippen LogP contribution < -0.4 is 10.6 Å². The fourth-order valence-electron chi connectivity index (χ4n) is 6.80. The molecule has 1 heterocycles. The van der Waals surface area contributed by atoms with Crippen molar-refractivity contribution in [1.82, 2.24) is 10.2 Å². The van der Waals surface area contributed by atoms with Crippen molar-refractivity contribution in [2.45, 2.75) is 126 Å². The Hall–Kier alpha value is -2.71. The summed E-state index contributed by atoms with van der Waals surface area (Å²) < 4.78 is 24.1. The molecule has 1 aliphatic heterocycles. The van der Waals surface area contributed by atoms with Gasteiger partial charge in [0.2, 0.25) is 5.91 Å². The van der Waals surface area contributed by atoms with Crippen molar-refractivity contribution < 1.29 is 18.0 Å². The monoisotopic (exact) mass is 593 g/mol. The van der Waals surface area contributed by atoms with E-state index in [1.807, 2.05) is 12.1 Å². The van der Waals surface area contributed by atoms with Crippen molar-refractivity contribution in [3.63, 3.8) is 0 Å². The fourth-order valence-corrected chi connectivity index (χ4v) is 7.69. The van der Waals surface area contributed by atoms with Gasteiger partial charge in [-0.2, -0.15) is 0 Å². The largest absolute Gasteiger partial charge is 0.326 e. The molecule has 0 bridgehead atoms. The number of carbonyl (C=O) groups excluding carboxylic acids is 2. The molecule has 0 aromatic heterocycles. The molecule has 0 radical (unpaired) electrons. The molecule has 2 amide bonds. The van der Waals surface area contributed by atoms with Crippen molar-refractivity contribution >= 4 is 27.3 Å². The SMILES string of the molecule is CCS(=O)(=O)c1ccc(CC(=O)Nc2ccc(C(=O)N(C3CC3)C3CCCC4(CCCCCCCCC4)N3)cc2)cc1. The average Bonchev–Trinajstić information content (AvgIpc) is 3.83. The van der Waals surface area contributed by atoms with Gasteiger partial charge in [-0.15, -0.1) is 0 Å². The number of hydrogen-bond donors (Lipinski definition) is 2. The Bertz CT molecular complexity index is 1310. The molecule has 5 rings (SSSR count). The molecule has 3 fully saturated rings. The molecule has 8 heteroatoms. The van der Waals surface area contributed by atoms with Crippen molar-refractivity contribution in [3.05, 3.63) is 59.7 Å². The Morgan fingerprint density at radius 3 is 2.02 bits per heavy atom. The van der Waals surface area contributed by atoms with Crippen LogP contribution in [0.1, 0.15) is 113 Å². The highest BCUT2D eigenvalue weighted by atomic mass is 32.2. The third-order valence-electron chi connectivity index (χ3n) is 9.37. The summed E-state index contributed by atoms with van der Waals surface area (Å²) in [5, 5.41) is 6.95. The number of benzene rings is 2. The highest BCUT2D eigenvalue weighted by Crippen LogP contribution is 2.38. The van der Waals surface area contributed by atoms with E-state index in [0.717, 1.165) is 31.2 Å². The van der Waals surface area contributed by atoms with Gasteiger partial charge < -0.3 is 10.2 Å². The molecule has 2 aliphatic carbocycles. The van der Waals surface area contributed by atoms with E-state index >= 15 is 0 Å². The number of amides is 2. The summed E-state index contributed by atoms with van der Waals surface area (Å²) in [5.41, 5.74) is 2.19. The molecule has 42 heavy (non-hydrogen) atoms. The Balaban J connectivity index is 1.21. The standard InChI is InChI=1S/C34H47N3O4S/c1-2-42(40,41)30-20-12-26(13-21-30)25-32(38)35-28-16-14-27(15-17-28)33(39)37(29-18-19-29)31-11-10-24-34(36-31)22-8-6-4-3-5-7-9-23-34/h12-17,20-21,29,31,36H,2-11,18-19,22-25H2,1H3,(H,35,38). The van der Waals surface area contributed by atoms with Gasteiger partial charge in [-0.3, -0.25) is 14.9 Å². The summed E-state index contributed by atoms with van der Waals surface area (Å²) in [4.78, 5) is 28.9. The lowest BCUT2D eigenvalue weighted by Gasteiger charge is -2.47. The molecule has 1 spiro atoms. The van der Waals surface area contributed by atoms with Crippen LogP contribution in [0.25, 0.3) is 0 Å². The molecule has 2 saturated carbocycles. The average molecular weight is 594 g/mol. The van der Waals surface area contributed by atoms with Gasteiger partial charge in [-0.1, -0.05) is 64.0 Å². The van der Waals surface area contributed by atoms with Crippen molar-refractivity contribution in [3.8, 4) is 0 Å². The summed E-state index contributed by atoms with van der Waals surface area (Å²) in [6.45, 7) is 1.61. The zero-order valence-corrected chi connectivity index (χ0v) is 25.9. The number of piperidine rings is 1. The third-order valence-corrected chi connectivity index (χ3v) is 11.1. The maximum absolute atomic E-state index is 13.9. The van der Waals surface area contributed by atoms with Crippen LogP contribution in [-0.2, 0) is 21.1 Å². The predicted octanol–water partition coefficient (Wildman–Crippen LogP) is 6.63. The van der Waals surface area contributed by atoms with Crippen LogP contribution >= 0.6 is 0 Å². The van der Waals surface area contributed by atoms with Gasteiger partial charge in [0, 0.05) is 22.8 Å². The molecular formula is C34H47N3O4S. The lowest BCUT2D eigenvalue weighted by atomic mass is 9.78. The van der Waals surface area contributed by atoms with E-state index in [0.29, 0.717) is 17.3 Å². The quantitative estimate of drug-likeness (QED) is 0.358. The highest BCUT2D eigenvalue weighted by Gasteiger charge is 2.43. The molecule has 1 atom stereocenters. The van der Waals surface area contributed by atoms with Crippen molar-refractivity contribution in [2.24, 2.45) is 0 Å². The van der Waals surface area contributed by atoms with E-state index in [4.69, 9.17) is 0 Å². The lowest BCUT2D eigenvalue weighted by Crippen LogP contribution is -2.61. The van der Waals surface area contributed by atoms with Crippen LogP contribution in [0.3, 0.4) is 0 Å². The first-order valence-electron chi connectivity index (χ1n) is 16.1. The highest BCUT2D eigenvalue weighted by molar-refractivity contribution is 7.91. The Morgan fingerprint density at radius 2 is 1.43 bits per heavy atom. The van der Waals surface area contributed by atoms with Crippen LogP contribution in [0.5, 0.6) is 0 Å². The van der Waals surface area contributed by atoms with Gasteiger partial charge in [0.05, 0.1) is 23.2 Å². The smallest absolute Gasteiger partial charge is 0.255 e. The molecule has 2 aromatic rings. The van der Waals surface area contributed by atoms with E-state index in [1.54, 1.807) is 43.3 Å². The zero-order valence-electron chi connectivity index (χ0n) is 25.1. The van der Waals surface area contributed by atoms with Crippen LogP contribution in [0, 0.1) is 0 Å². The second-order valence-corrected chi connectivity index (χ2v) is 14.9. The van der Waals surface area contributed by atoms with Crippen molar-refractivity contribution in [2.75, 3.05) is 11.1 Å². The van der Waals surface area contributed by atoms with E-state index < -0.39 is 9.84 Å². The van der Waals surface area contributed by atoms with Crippen LogP contribution in [0.4, 0.5) is 5.69 Å². The molecule has 2 aromatic carbocycles. The summed E-state index contributed by atoms with van der Waals surface area (Å²) in [6.07, 6.45) is 17.4. The number of carbonyl (C=O) groups is 2. The van der Waals surface area contributed by atoms with E-state index in [2.05, 4.69) is 15.5 Å². The molecule has 1 saturated heterocycles. The van der Waals surface area contributed by atoms with Gasteiger partial charge in [0.1, 0.15) is 0 Å². The van der Waals surface area contributed by atoms with Crippen LogP contribution in [0.2, 0.25) is 0 Å². The topological polar surface area (TPSA) is 95.6 Å². The molecule has 3 aliphatic rings. The predicted molar refractivity (Wildman–Crippen MR) is 167 cm³/mol. The zero-order chi connectivity index (χ0) is 29.6. The van der Waals surface area contributed by atoms with Crippen LogP contribution in [0.15, 0.2) is 53.4 Å². The molecule has 228 valence electrons. The summed E-state index contributed by atoms with van der Waals surface area (Å²) in [6, 6.07) is 14.0. The first-order valence-corrected chi connectivity index (χ1v) is 17.8. The molecule has 1 unspecified atom stereocenters. The second kappa shape index (κ2) is 13.7. The van der Waals surface area contributed by atoms with E-state index in [1.165, 1.54) is 64.2 Å². The Labute approximate surface area is 251 Å². The van der Waals surface area contributed by atoms with Gasteiger partial charge in [-0.25, -0.2) is 8.42 Å². The molecule has 7 nitrogen and oxygen atoms in total. The summed E-state index contributed by atoms with van der Waals surface area (Å²) in [7, 11) is -3.27.